The fourth-order valence-electron chi connectivity index (χ4n) is 3.04. The Kier molecular flexibility index (Phi) is 4.64. The first-order valence-electron chi connectivity index (χ1n) is 7.53. The zero-order valence-electron chi connectivity index (χ0n) is 13.4. The Bertz CT molecular complexity index is 736. The molecule has 3 N–H and O–H groups in total. The van der Waals surface area contributed by atoms with Crippen LogP contribution in [-0.4, -0.2) is 36.8 Å². The van der Waals surface area contributed by atoms with E-state index in [1.165, 1.54) is 14.2 Å². The number of ether oxygens (including phenoxy) is 2. The summed E-state index contributed by atoms with van der Waals surface area (Å²) in [4.78, 5) is 15.7. The largest absolute Gasteiger partial charge is 0.493 e. The normalized spacial score (nSPS) is 19.9. The molecule has 126 valence electrons. The maximum absolute atomic E-state index is 11.6. The minimum Gasteiger partial charge on any atom is -0.493 e. The molecule has 2 aromatic rings. The molecular formula is C17H19N3O4. The van der Waals surface area contributed by atoms with Gasteiger partial charge in [-0.05, 0) is 29.3 Å². The van der Waals surface area contributed by atoms with Crippen LogP contribution in [0.1, 0.15) is 33.4 Å². The molecule has 7 heteroatoms. The lowest BCUT2D eigenvalue weighted by molar-refractivity contribution is 0.0692. The molecule has 2 heterocycles. The molecule has 0 spiro atoms. The highest BCUT2D eigenvalue weighted by atomic mass is 16.5. The second-order valence-electron chi connectivity index (χ2n) is 5.50. The smallest absolute Gasteiger partial charge is 0.339 e. The van der Waals surface area contributed by atoms with Crippen LogP contribution in [-0.2, 0) is 0 Å². The van der Waals surface area contributed by atoms with Gasteiger partial charge in [-0.1, -0.05) is 6.07 Å². The lowest BCUT2D eigenvalue weighted by atomic mass is 9.88. The van der Waals surface area contributed by atoms with Crippen LogP contribution in [0.5, 0.6) is 11.5 Å². The molecule has 1 aliphatic rings. The molecule has 1 aromatic carbocycles. The molecule has 0 aliphatic carbocycles. The van der Waals surface area contributed by atoms with E-state index in [0.717, 1.165) is 11.1 Å². The van der Waals surface area contributed by atoms with Crippen molar-refractivity contribution in [2.45, 2.75) is 12.0 Å². The van der Waals surface area contributed by atoms with E-state index in [2.05, 4.69) is 15.8 Å². The molecule has 3 rings (SSSR count). The van der Waals surface area contributed by atoms with Crippen molar-refractivity contribution in [1.82, 2.24) is 15.8 Å². The number of hydrogen-bond acceptors (Lipinski definition) is 6. The van der Waals surface area contributed by atoms with E-state index in [9.17, 15) is 9.90 Å². The van der Waals surface area contributed by atoms with Gasteiger partial charge >= 0.3 is 5.97 Å². The van der Waals surface area contributed by atoms with Gasteiger partial charge in [-0.2, -0.15) is 0 Å². The van der Waals surface area contributed by atoms with Gasteiger partial charge in [-0.15, -0.1) is 0 Å². The molecule has 0 amide bonds. The third kappa shape index (κ3) is 2.91. The summed E-state index contributed by atoms with van der Waals surface area (Å²) in [5.41, 5.74) is 8.34. The number of carboxylic acid groups (broad SMARTS) is 1. The van der Waals surface area contributed by atoms with E-state index in [4.69, 9.17) is 9.47 Å². The van der Waals surface area contributed by atoms with Crippen molar-refractivity contribution in [1.29, 1.82) is 0 Å². The number of hydrogen-bond donors (Lipinski definition) is 3. The van der Waals surface area contributed by atoms with Crippen LogP contribution in [0.4, 0.5) is 0 Å². The Morgan fingerprint density at radius 2 is 2.12 bits per heavy atom. The monoisotopic (exact) mass is 329 g/mol. The number of aromatic carboxylic acids is 1. The summed E-state index contributed by atoms with van der Waals surface area (Å²) >= 11 is 0. The van der Waals surface area contributed by atoms with Crippen molar-refractivity contribution in [2.75, 3.05) is 20.8 Å². The number of hydrazine groups is 1. The average molecular weight is 329 g/mol. The van der Waals surface area contributed by atoms with Crippen molar-refractivity contribution >= 4 is 5.97 Å². The van der Waals surface area contributed by atoms with Gasteiger partial charge in [0.2, 0.25) is 0 Å². The van der Waals surface area contributed by atoms with Gasteiger partial charge in [0.1, 0.15) is 5.56 Å². The maximum Gasteiger partial charge on any atom is 0.339 e. The minimum absolute atomic E-state index is 0.0153. The first-order valence-corrected chi connectivity index (χ1v) is 7.53. The number of aromatic nitrogens is 1. The van der Waals surface area contributed by atoms with Crippen LogP contribution in [0.3, 0.4) is 0 Å². The Hall–Kier alpha value is -2.64. The molecule has 1 aromatic heterocycles. The molecular weight excluding hydrogens is 310 g/mol. The minimum atomic E-state index is -1.05. The summed E-state index contributed by atoms with van der Waals surface area (Å²) in [6, 6.07) is 7.33. The number of carbonyl (C=O) groups is 1. The SMILES string of the molecule is COc1cc(C2CNNC2c2cccnc2)cc(C(=O)O)c1OC. The van der Waals surface area contributed by atoms with Crippen molar-refractivity contribution in [2.24, 2.45) is 0 Å². The molecule has 2 unspecified atom stereocenters. The zero-order valence-corrected chi connectivity index (χ0v) is 13.4. The van der Waals surface area contributed by atoms with E-state index >= 15 is 0 Å². The van der Waals surface area contributed by atoms with Crippen molar-refractivity contribution in [3.63, 3.8) is 0 Å². The predicted molar refractivity (Wildman–Crippen MR) is 87.4 cm³/mol. The number of carboxylic acids is 1. The van der Waals surface area contributed by atoms with Crippen molar-refractivity contribution in [3.8, 4) is 11.5 Å². The Labute approximate surface area is 139 Å². The lowest BCUT2D eigenvalue weighted by Gasteiger charge is -2.21. The van der Waals surface area contributed by atoms with E-state index < -0.39 is 5.97 Å². The highest BCUT2D eigenvalue weighted by Gasteiger charge is 2.31. The summed E-state index contributed by atoms with van der Waals surface area (Å²) < 4.78 is 10.5. The maximum atomic E-state index is 11.6. The molecule has 0 bridgehead atoms. The third-order valence-electron chi connectivity index (χ3n) is 4.19. The van der Waals surface area contributed by atoms with Crippen molar-refractivity contribution < 1.29 is 19.4 Å². The van der Waals surface area contributed by atoms with Crippen LogP contribution in [0, 0.1) is 0 Å². The lowest BCUT2D eigenvalue weighted by Crippen LogP contribution is -2.24. The summed E-state index contributed by atoms with van der Waals surface area (Å²) in [5.74, 6) is -0.384. The van der Waals surface area contributed by atoms with Gasteiger partial charge in [0.25, 0.3) is 0 Å². The van der Waals surface area contributed by atoms with Gasteiger partial charge in [0, 0.05) is 24.9 Å². The number of nitrogens with one attached hydrogen (secondary N) is 2. The zero-order chi connectivity index (χ0) is 17.1. The fraction of sp³-hybridized carbons (Fsp3) is 0.294. The van der Waals surface area contributed by atoms with Crippen molar-refractivity contribution in [3.05, 3.63) is 53.3 Å². The summed E-state index contributed by atoms with van der Waals surface area (Å²) in [5, 5.41) is 9.49. The first kappa shape index (κ1) is 16.2. The standard InChI is InChI=1S/C17H19N3O4/c1-23-14-7-11(6-12(17(21)22)16(14)24-2)13-9-19-20-15(13)10-4-3-5-18-8-10/h3-8,13,15,19-20H,9H2,1-2H3,(H,21,22). The summed E-state index contributed by atoms with van der Waals surface area (Å²) in [6.45, 7) is 0.661. The number of nitrogens with zero attached hydrogens (tertiary/aromatic N) is 1. The Balaban J connectivity index is 2.05. The summed E-state index contributed by atoms with van der Waals surface area (Å²) in [7, 11) is 2.93. The van der Waals surface area contributed by atoms with Gasteiger partial charge in [0.05, 0.1) is 20.3 Å². The molecule has 1 fully saturated rings. The second-order valence-corrected chi connectivity index (χ2v) is 5.50. The third-order valence-corrected chi connectivity index (χ3v) is 4.19. The average Bonchev–Trinajstić information content (AvgIpc) is 3.10. The molecule has 1 saturated heterocycles. The number of pyridine rings is 1. The van der Waals surface area contributed by atoms with Gasteiger partial charge < -0.3 is 14.6 Å². The molecule has 0 radical (unpaired) electrons. The number of benzene rings is 1. The summed E-state index contributed by atoms with van der Waals surface area (Å²) in [6.07, 6.45) is 3.52. The number of methoxy groups -OCH3 is 2. The Morgan fingerprint density at radius 1 is 1.29 bits per heavy atom. The van der Waals surface area contributed by atoms with Crippen LogP contribution < -0.4 is 20.3 Å². The quantitative estimate of drug-likeness (QED) is 0.769. The van der Waals surface area contributed by atoms with E-state index in [-0.39, 0.29) is 23.3 Å². The number of rotatable bonds is 5. The van der Waals surface area contributed by atoms with Gasteiger partial charge in [0.15, 0.2) is 11.5 Å². The molecule has 2 atom stereocenters. The Morgan fingerprint density at radius 3 is 2.75 bits per heavy atom. The first-order chi connectivity index (χ1) is 11.7. The van der Waals surface area contributed by atoms with Crippen LogP contribution in [0.25, 0.3) is 0 Å². The van der Waals surface area contributed by atoms with Crippen LogP contribution in [0.15, 0.2) is 36.7 Å². The van der Waals surface area contributed by atoms with Gasteiger partial charge in [-0.3, -0.25) is 10.4 Å². The van der Waals surface area contributed by atoms with E-state index in [0.29, 0.717) is 12.3 Å². The molecule has 7 nitrogen and oxygen atoms in total. The van der Waals surface area contributed by atoms with Crippen LogP contribution >= 0.6 is 0 Å². The van der Waals surface area contributed by atoms with Crippen LogP contribution in [0.2, 0.25) is 0 Å². The molecule has 1 aliphatic heterocycles. The van der Waals surface area contributed by atoms with Gasteiger partial charge in [-0.25, -0.2) is 10.2 Å². The fourth-order valence-corrected chi connectivity index (χ4v) is 3.04. The van der Waals surface area contributed by atoms with E-state index in [1.807, 2.05) is 18.2 Å². The second kappa shape index (κ2) is 6.86. The van der Waals surface area contributed by atoms with E-state index in [1.54, 1.807) is 18.5 Å². The molecule has 24 heavy (non-hydrogen) atoms. The molecule has 0 saturated carbocycles. The highest BCUT2D eigenvalue weighted by Crippen LogP contribution is 2.39. The predicted octanol–water partition coefficient (Wildman–Crippen LogP) is 1.73. The topological polar surface area (TPSA) is 92.7 Å². The highest BCUT2D eigenvalue weighted by molar-refractivity contribution is 5.92.